The summed E-state index contributed by atoms with van der Waals surface area (Å²) in [7, 11) is 1.18. The van der Waals surface area contributed by atoms with E-state index in [1.807, 2.05) is 18.2 Å². The molecule has 0 radical (unpaired) electrons. The van der Waals surface area contributed by atoms with Crippen LogP contribution in [0.1, 0.15) is 23.6 Å². The zero-order valence-corrected chi connectivity index (χ0v) is 18.3. The van der Waals surface area contributed by atoms with Gasteiger partial charge in [-0.25, -0.2) is 4.79 Å². The minimum atomic E-state index is -1.44. The molecule has 0 spiro atoms. The molecular weight excluding hydrogens is 420 g/mol. The minimum Gasteiger partial charge on any atom is -0.477 e. The first kappa shape index (κ1) is 23.4. The molecule has 0 amide bonds. The normalized spacial score (nSPS) is 25.6. The van der Waals surface area contributed by atoms with Crippen LogP contribution in [-0.4, -0.2) is 64.2 Å². The van der Waals surface area contributed by atoms with Gasteiger partial charge >= 0.3 is 6.16 Å². The Kier molecular flexibility index (Phi) is 8.20. The minimum absolute atomic E-state index is 0.187. The first-order valence-electron chi connectivity index (χ1n) is 10.2. The second kappa shape index (κ2) is 10.9. The summed E-state index contributed by atoms with van der Waals surface area (Å²) in [5.74, 6) is 0.579. The molecule has 0 aromatic heterocycles. The molecule has 7 nitrogen and oxygen atoms in total. The molecule has 0 unspecified atom stereocenters. The van der Waals surface area contributed by atoms with Crippen molar-refractivity contribution in [3.05, 3.63) is 65.2 Å². The molecule has 3 N–H and O–H groups in total. The summed E-state index contributed by atoms with van der Waals surface area (Å²) in [5.41, 5.74) is 2.48. The van der Waals surface area contributed by atoms with Gasteiger partial charge in [0.1, 0.15) is 24.6 Å². The van der Waals surface area contributed by atoms with Crippen LogP contribution in [0.2, 0.25) is 0 Å². The molecule has 8 heteroatoms. The van der Waals surface area contributed by atoms with E-state index in [1.165, 1.54) is 12.7 Å². The number of rotatable bonds is 7. The maximum Gasteiger partial charge on any atom is 0.508 e. The average molecular weight is 449 g/mol. The van der Waals surface area contributed by atoms with Crippen LogP contribution >= 0.6 is 11.8 Å². The number of carbonyl (C=O) groups excluding carboxylic acids is 1. The van der Waals surface area contributed by atoms with Crippen molar-refractivity contribution in [2.24, 2.45) is 0 Å². The van der Waals surface area contributed by atoms with Gasteiger partial charge in [-0.2, -0.15) is 0 Å². The van der Waals surface area contributed by atoms with Crippen LogP contribution < -0.4 is 4.74 Å². The predicted octanol–water partition coefficient (Wildman–Crippen LogP) is 2.53. The predicted molar refractivity (Wildman–Crippen MR) is 117 cm³/mol. The van der Waals surface area contributed by atoms with Crippen LogP contribution in [0.3, 0.4) is 0 Å². The molecule has 3 rings (SSSR count). The molecule has 0 bridgehead atoms. The highest BCUT2D eigenvalue weighted by molar-refractivity contribution is 8.00. The maximum absolute atomic E-state index is 11.3. The van der Waals surface area contributed by atoms with Gasteiger partial charge in [-0.3, -0.25) is 0 Å². The van der Waals surface area contributed by atoms with E-state index in [0.717, 1.165) is 29.3 Å². The Balaban J connectivity index is 1.73. The summed E-state index contributed by atoms with van der Waals surface area (Å²) < 4.78 is 15.4. The zero-order chi connectivity index (χ0) is 22.4. The molecule has 2 aromatic carbocycles. The lowest BCUT2D eigenvalue weighted by molar-refractivity contribution is -0.0921. The van der Waals surface area contributed by atoms with Crippen LogP contribution in [0, 0.1) is 0 Å². The molecule has 1 aliphatic heterocycles. The number of para-hydroxylation sites is 1. The second-order valence-electron chi connectivity index (χ2n) is 7.35. The molecule has 1 fully saturated rings. The van der Waals surface area contributed by atoms with Crippen LogP contribution in [0.15, 0.2) is 48.5 Å². The van der Waals surface area contributed by atoms with Gasteiger partial charge in [0, 0.05) is 6.42 Å². The Morgan fingerprint density at radius 3 is 2.32 bits per heavy atom. The van der Waals surface area contributed by atoms with Crippen molar-refractivity contribution in [3.8, 4) is 5.75 Å². The SMILES string of the molecule is CCc1ccc(Cc2ccccc2O[C@@H]2S[C@H](COC(=O)OC)[C@@H](O)[C@H](O)[C@H]2O)cc1. The van der Waals surface area contributed by atoms with Gasteiger partial charge in [0.05, 0.1) is 18.5 Å². The summed E-state index contributed by atoms with van der Waals surface area (Å²) >= 11 is 1.10. The van der Waals surface area contributed by atoms with Crippen LogP contribution in [-0.2, 0) is 22.3 Å². The summed E-state index contributed by atoms with van der Waals surface area (Å²) in [4.78, 5) is 11.3. The number of carbonyl (C=O) groups is 1. The first-order valence-corrected chi connectivity index (χ1v) is 11.1. The van der Waals surface area contributed by atoms with Gasteiger partial charge in [-0.1, -0.05) is 49.4 Å². The molecule has 168 valence electrons. The lowest BCUT2D eigenvalue weighted by Crippen LogP contribution is -2.55. The van der Waals surface area contributed by atoms with Crippen molar-refractivity contribution in [2.75, 3.05) is 13.7 Å². The number of thioether (sulfide) groups is 1. The van der Waals surface area contributed by atoms with Crippen molar-refractivity contribution >= 4 is 17.9 Å². The molecule has 1 aliphatic rings. The Bertz CT molecular complexity index is 857. The molecule has 1 saturated heterocycles. The van der Waals surface area contributed by atoms with Gasteiger partial charge in [0.2, 0.25) is 0 Å². The number of aryl methyl sites for hydroxylation is 1. The molecule has 1 heterocycles. The quantitative estimate of drug-likeness (QED) is 0.555. The topological polar surface area (TPSA) is 105 Å². The van der Waals surface area contributed by atoms with Gasteiger partial charge in [-0.15, -0.1) is 11.8 Å². The summed E-state index contributed by atoms with van der Waals surface area (Å²) in [6, 6.07) is 15.9. The Morgan fingerprint density at radius 2 is 1.65 bits per heavy atom. The van der Waals surface area contributed by atoms with E-state index in [9.17, 15) is 20.1 Å². The fourth-order valence-corrected chi connectivity index (χ4v) is 4.66. The monoisotopic (exact) mass is 448 g/mol. The summed E-state index contributed by atoms with van der Waals surface area (Å²) in [6.45, 7) is 1.92. The third-order valence-electron chi connectivity index (χ3n) is 5.24. The van der Waals surface area contributed by atoms with Gasteiger partial charge in [0.25, 0.3) is 0 Å². The molecule has 2 aromatic rings. The van der Waals surface area contributed by atoms with E-state index in [0.29, 0.717) is 12.2 Å². The van der Waals surface area contributed by atoms with Crippen molar-refractivity contribution in [2.45, 2.75) is 48.8 Å². The van der Waals surface area contributed by atoms with Crippen LogP contribution in [0.5, 0.6) is 5.75 Å². The lowest BCUT2D eigenvalue weighted by atomic mass is 10.0. The summed E-state index contributed by atoms with van der Waals surface area (Å²) in [6.07, 6.45) is -3.29. The Labute approximate surface area is 186 Å². The third-order valence-corrected chi connectivity index (χ3v) is 6.65. The maximum atomic E-state index is 11.3. The van der Waals surface area contributed by atoms with E-state index < -0.39 is 35.2 Å². The standard InChI is InChI=1S/C23H28O7S/c1-3-14-8-10-15(11-9-14)12-16-6-4-5-7-17(16)30-22-21(26)20(25)19(24)18(31-22)13-29-23(27)28-2/h4-11,18-22,24-26H,3,12-13H2,1-2H3/t18-,19-,20+,21-,22-/m1/s1. The second-order valence-corrected chi connectivity index (χ2v) is 8.69. The molecular formula is C23H28O7S. The highest BCUT2D eigenvalue weighted by Crippen LogP contribution is 2.36. The smallest absolute Gasteiger partial charge is 0.477 e. The first-order chi connectivity index (χ1) is 14.9. The molecule has 31 heavy (non-hydrogen) atoms. The molecule has 5 atom stereocenters. The molecule has 0 saturated carbocycles. The van der Waals surface area contributed by atoms with E-state index >= 15 is 0 Å². The fraction of sp³-hybridized carbons (Fsp3) is 0.435. The highest BCUT2D eigenvalue weighted by Gasteiger charge is 2.45. The van der Waals surface area contributed by atoms with Crippen molar-refractivity contribution < 1.29 is 34.3 Å². The number of methoxy groups -OCH3 is 1. The highest BCUT2D eigenvalue weighted by atomic mass is 32.2. The molecule has 0 aliphatic carbocycles. The Morgan fingerprint density at radius 1 is 0.968 bits per heavy atom. The van der Waals surface area contributed by atoms with Crippen LogP contribution in [0.4, 0.5) is 4.79 Å². The van der Waals surface area contributed by atoms with Crippen molar-refractivity contribution in [1.29, 1.82) is 0 Å². The van der Waals surface area contributed by atoms with Crippen LogP contribution in [0.25, 0.3) is 0 Å². The van der Waals surface area contributed by atoms with Gasteiger partial charge in [0.15, 0.2) is 5.44 Å². The third kappa shape index (κ3) is 5.92. The van der Waals surface area contributed by atoms with Gasteiger partial charge in [-0.05, 0) is 29.2 Å². The zero-order valence-electron chi connectivity index (χ0n) is 17.5. The van der Waals surface area contributed by atoms with Gasteiger partial charge < -0.3 is 29.5 Å². The van der Waals surface area contributed by atoms with E-state index in [-0.39, 0.29) is 6.61 Å². The number of benzene rings is 2. The van der Waals surface area contributed by atoms with Crippen molar-refractivity contribution in [1.82, 2.24) is 0 Å². The lowest BCUT2D eigenvalue weighted by Gasteiger charge is -2.39. The van der Waals surface area contributed by atoms with E-state index in [4.69, 9.17) is 9.47 Å². The van der Waals surface area contributed by atoms with Crippen molar-refractivity contribution in [3.63, 3.8) is 0 Å². The number of aliphatic hydroxyl groups is 3. The van der Waals surface area contributed by atoms with E-state index in [2.05, 4.69) is 35.9 Å². The number of hydrogen-bond acceptors (Lipinski definition) is 8. The number of aliphatic hydroxyl groups excluding tert-OH is 3. The number of ether oxygens (including phenoxy) is 3. The summed E-state index contributed by atoms with van der Waals surface area (Å²) in [5, 5.41) is 30.3. The average Bonchev–Trinajstić information content (AvgIpc) is 2.80. The Hall–Kier alpha value is -2.26. The number of hydrogen-bond donors (Lipinski definition) is 3. The van der Waals surface area contributed by atoms with E-state index in [1.54, 1.807) is 6.07 Å². The fourth-order valence-electron chi connectivity index (χ4n) is 3.36. The largest absolute Gasteiger partial charge is 0.508 e.